The summed E-state index contributed by atoms with van der Waals surface area (Å²) in [6.07, 6.45) is 3.87. The predicted octanol–water partition coefficient (Wildman–Crippen LogP) is 3.47. The molecule has 118 valence electrons. The summed E-state index contributed by atoms with van der Waals surface area (Å²) in [6.45, 7) is 5.53. The van der Waals surface area contributed by atoms with Gasteiger partial charge in [0.15, 0.2) is 0 Å². The molecule has 0 atom stereocenters. The van der Waals surface area contributed by atoms with Gasteiger partial charge in [-0.1, -0.05) is 17.7 Å². The van der Waals surface area contributed by atoms with Crippen molar-refractivity contribution in [2.24, 2.45) is 0 Å². The van der Waals surface area contributed by atoms with Crippen LogP contribution < -0.4 is 0 Å². The van der Waals surface area contributed by atoms with Crippen molar-refractivity contribution < 1.29 is 4.39 Å². The molecule has 2 aromatic rings. The first-order chi connectivity index (χ1) is 10.7. The van der Waals surface area contributed by atoms with E-state index < -0.39 is 0 Å². The molecule has 1 aliphatic rings. The summed E-state index contributed by atoms with van der Waals surface area (Å²) in [6, 6.07) is 4.90. The number of piperidine rings is 1. The number of hydrogen-bond donors (Lipinski definition) is 0. The average molecular weight is 323 g/mol. The van der Waals surface area contributed by atoms with Crippen molar-refractivity contribution >= 4 is 11.6 Å². The largest absolute Gasteiger partial charge is 0.318 e. The number of halogens is 2. The molecule has 0 radical (unpaired) electrons. The summed E-state index contributed by atoms with van der Waals surface area (Å²) in [5.74, 6) is 1.31. The summed E-state index contributed by atoms with van der Waals surface area (Å²) in [5, 5.41) is 8.72. The van der Waals surface area contributed by atoms with Crippen LogP contribution in [0.1, 0.15) is 37.1 Å². The van der Waals surface area contributed by atoms with Gasteiger partial charge in [-0.2, -0.15) is 0 Å². The zero-order chi connectivity index (χ0) is 15.5. The van der Waals surface area contributed by atoms with Crippen LogP contribution in [0.25, 0.3) is 0 Å². The van der Waals surface area contributed by atoms with Crippen LogP contribution in [0.15, 0.2) is 24.5 Å². The molecule has 0 unspecified atom stereocenters. The molecule has 0 N–H and O–H groups in total. The summed E-state index contributed by atoms with van der Waals surface area (Å²) in [4.78, 5) is 2.29. The quantitative estimate of drug-likeness (QED) is 0.864. The Morgan fingerprint density at radius 3 is 2.77 bits per heavy atom. The van der Waals surface area contributed by atoms with Crippen molar-refractivity contribution in [1.29, 1.82) is 0 Å². The molecule has 3 rings (SSSR count). The highest BCUT2D eigenvalue weighted by molar-refractivity contribution is 6.30. The number of benzene rings is 1. The Hall–Kier alpha value is -1.46. The number of aryl methyl sites for hydroxylation is 1. The van der Waals surface area contributed by atoms with Crippen LogP contribution in [-0.4, -0.2) is 32.8 Å². The lowest BCUT2D eigenvalue weighted by Gasteiger charge is -2.31. The maximum atomic E-state index is 13.9. The fourth-order valence-electron chi connectivity index (χ4n) is 3.06. The molecule has 0 bridgehead atoms. The van der Waals surface area contributed by atoms with Gasteiger partial charge in [-0.15, -0.1) is 10.2 Å². The lowest BCUT2D eigenvalue weighted by Crippen LogP contribution is -2.33. The number of rotatable bonds is 4. The number of aromatic nitrogens is 3. The SMILES string of the molecule is CCn1cnnc1C1CCN(Cc2ccc(Cl)cc2F)CC1. The van der Waals surface area contributed by atoms with Crippen molar-refractivity contribution in [3.63, 3.8) is 0 Å². The third-order valence-corrected chi connectivity index (χ3v) is 4.58. The molecular formula is C16H20ClFN4. The number of likely N-dealkylation sites (tertiary alicyclic amines) is 1. The number of nitrogens with zero attached hydrogens (tertiary/aromatic N) is 4. The Balaban J connectivity index is 1.60. The minimum Gasteiger partial charge on any atom is -0.318 e. The summed E-state index contributed by atoms with van der Waals surface area (Å²) < 4.78 is 16.0. The van der Waals surface area contributed by atoms with E-state index in [9.17, 15) is 4.39 Å². The topological polar surface area (TPSA) is 34.0 Å². The highest BCUT2D eigenvalue weighted by Gasteiger charge is 2.24. The normalized spacial score (nSPS) is 17.0. The molecule has 22 heavy (non-hydrogen) atoms. The first-order valence-electron chi connectivity index (χ1n) is 7.71. The monoisotopic (exact) mass is 322 g/mol. The summed E-state index contributed by atoms with van der Waals surface area (Å²) in [5.41, 5.74) is 0.708. The van der Waals surface area contributed by atoms with E-state index in [0.717, 1.165) is 38.3 Å². The number of hydrogen-bond acceptors (Lipinski definition) is 3. The van der Waals surface area contributed by atoms with Crippen LogP contribution in [0.5, 0.6) is 0 Å². The van der Waals surface area contributed by atoms with Crippen LogP contribution in [0, 0.1) is 5.82 Å². The predicted molar refractivity (Wildman–Crippen MR) is 84.4 cm³/mol. The highest BCUT2D eigenvalue weighted by Crippen LogP contribution is 2.27. The van der Waals surface area contributed by atoms with Crippen LogP contribution >= 0.6 is 11.6 Å². The highest BCUT2D eigenvalue weighted by atomic mass is 35.5. The van der Waals surface area contributed by atoms with Gasteiger partial charge in [0.05, 0.1) is 0 Å². The van der Waals surface area contributed by atoms with E-state index in [1.165, 1.54) is 6.07 Å². The standard InChI is InChI=1S/C16H20ClFN4/c1-2-22-11-19-20-16(22)12-5-7-21(8-6-12)10-13-3-4-14(17)9-15(13)18/h3-4,9,11-12H,2,5-8,10H2,1H3. The molecule has 1 aliphatic heterocycles. The van der Waals surface area contributed by atoms with Crippen molar-refractivity contribution in [2.45, 2.75) is 38.8 Å². The Morgan fingerprint density at radius 1 is 1.32 bits per heavy atom. The van der Waals surface area contributed by atoms with Crippen molar-refractivity contribution in [3.8, 4) is 0 Å². The summed E-state index contributed by atoms with van der Waals surface area (Å²) >= 11 is 5.80. The molecule has 1 aromatic carbocycles. The second-order valence-corrected chi connectivity index (χ2v) is 6.20. The fourth-order valence-corrected chi connectivity index (χ4v) is 3.22. The maximum absolute atomic E-state index is 13.9. The molecule has 4 nitrogen and oxygen atoms in total. The Labute approximate surface area is 134 Å². The first-order valence-corrected chi connectivity index (χ1v) is 8.09. The Morgan fingerprint density at radius 2 is 2.09 bits per heavy atom. The van der Waals surface area contributed by atoms with E-state index in [0.29, 0.717) is 23.0 Å². The van der Waals surface area contributed by atoms with Crippen LogP contribution in [0.2, 0.25) is 5.02 Å². The van der Waals surface area contributed by atoms with Gasteiger partial charge in [0.25, 0.3) is 0 Å². The van der Waals surface area contributed by atoms with Gasteiger partial charge in [0.1, 0.15) is 18.0 Å². The maximum Gasteiger partial charge on any atom is 0.135 e. The molecule has 2 heterocycles. The minimum atomic E-state index is -0.222. The molecule has 1 fully saturated rings. The van der Waals surface area contributed by atoms with Crippen LogP contribution in [-0.2, 0) is 13.1 Å². The smallest absolute Gasteiger partial charge is 0.135 e. The fraction of sp³-hybridized carbons (Fsp3) is 0.500. The Kier molecular flexibility index (Phi) is 4.74. The van der Waals surface area contributed by atoms with E-state index >= 15 is 0 Å². The molecular weight excluding hydrogens is 303 g/mol. The van der Waals surface area contributed by atoms with Gasteiger partial charge in [-0.3, -0.25) is 4.90 Å². The second kappa shape index (κ2) is 6.75. The molecule has 1 saturated heterocycles. The van der Waals surface area contributed by atoms with Gasteiger partial charge in [-0.05, 0) is 45.0 Å². The van der Waals surface area contributed by atoms with Crippen molar-refractivity contribution in [3.05, 3.63) is 46.8 Å². The van der Waals surface area contributed by atoms with Gasteiger partial charge in [0, 0.05) is 29.6 Å². The van der Waals surface area contributed by atoms with Crippen LogP contribution in [0.4, 0.5) is 4.39 Å². The van der Waals surface area contributed by atoms with Crippen LogP contribution in [0.3, 0.4) is 0 Å². The van der Waals surface area contributed by atoms with E-state index in [-0.39, 0.29) is 5.82 Å². The van der Waals surface area contributed by atoms with Gasteiger partial charge in [0.2, 0.25) is 0 Å². The third kappa shape index (κ3) is 3.31. The molecule has 0 saturated carbocycles. The van der Waals surface area contributed by atoms with E-state index in [4.69, 9.17) is 11.6 Å². The Bertz CT molecular complexity index is 635. The molecule has 0 spiro atoms. The van der Waals surface area contributed by atoms with E-state index in [2.05, 4.69) is 26.6 Å². The zero-order valence-electron chi connectivity index (χ0n) is 12.7. The first kappa shape index (κ1) is 15.4. The molecule has 1 aromatic heterocycles. The molecule has 0 amide bonds. The molecule has 0 aliphatic carbocycles. The lowest BCUT2D eigenvalue weighted by molar-refractivity contribution is 0.198. The zero-order valence-corrected chi connectivity index (χ0v) is 13.4. The molecule has 6 heteroatoms. The van der Waals surface area contributed by atoms with Crippen molar-refractivity contribution in [1.82, 2.24) is 19.7 Å². The van der Waals surface area contributed by atoms with Gasteiger partial charge in [-0.25, -0.2) is 4.39 Å². The average Bonchev–Trinajstić information content (AvgIpc) is 2.99. The van der Waals surface area contributed by atoms with E-state index in [1.807, 2.05) is 0 Å². The third-order valence-electron chi connectivity index (χ3n) is 4.35. The summed E-state index contributed by atoms with van der Waals surface area (Å²) in [7, 11) is 0. The van der Waals surface area contributed by atoms with E-state index in [1.54, 1.807) is 18.5 Å². The second-order valence-electron chi connectivity index (χ2n) is 5.76. The minimum absolute atomic E-state index is 0.222. The lowest BCUT2D eigenvalue weighted by atomic mass is 9.95. The van der Waals surface area contributed by atoms with Gasteiger partial charge < -0.3 is 4.57 Å². The van der Waals surface area contributed by atoms with Crippen molar-refractivity contribution in [2.75, 3.05) is 13.1 Å². The van der Waals surface area contributed by atoms with Gasteiger partial charge >= 0.3 is 0 Å².